The molecule has 1 atom stereocenters. The first-order valence-electron chi connectivity index (χ1n) is 5.60. The summed E-state index contributed by atoms with van der Waals surface area (Å²) in [5.41, 5.74) is 0. The molecule has 1 amide bonds. The fraction of sp³-hybridized carbons (Fsp3) is 0.417. The quantitative estimate of drug-likeness (QED) is 0.876. The molecule has 6 heteroatoms. The maximum Gasteiger partial charge on any atom is 0.260 e. The Morgan fingerprint density at radius 1 is 1.50 bits per heavy atom. The van der Waals surface area contributed by atoms with Crippen molar-refractivity contribution in [2.24, 2.45) is 0 Å². The molecule has 1 aliphatic heterocycles. The molecule has 0 bridgehead atoms. The van der Waals surface area contributed by atoms with Gasteiger partial charge in [-0.1, -0.05) is 0 Å². The van der Waals surface area contributed by atoms with Gasteiger partial charge in [0.15, 0.2) is 18.2 Å². The van der Waals surface area contributed by atoms with E-state index in [0.717, 1.165) is 12.1 Å². The number of aliphatic hydroxyl groups is 1. The Morgan fingerprint density at radius 3 is 2.89 bits per heavy atom. The minimum absolute atomic E-state index is 0.163. The van der Waals surface area contributed by atoms with Crippen molar-refractivity contribution in [2.75, 3.05) is 19.7 Å². The topological polar surface area (TPSA) is 49.8 Å². The van der Waals surface area contributed by atoms with E-state index in [4.69, 9.17) is 4.74 Å². The van der Waals surface area contributed by atoms with Gasteiger partial charge in [-0.05, 0) is 18.6 Å². The smallest absolute Gasteiger partial charge is 0.260 e. The lowest BCUT2D eigenvalue weighted by atomic mass is 10.3. The second-order valence-electron chi connectivity index (χ2n) is 4.15. The third-order valence-electron chi connectivity index (χ3n) is 2.76. The van der Waals surface area contributed by atoms with Gasteiger partial charge < -0.3 is 14.7 Å². The number of hydrogen-bond donors (Lipinski definition) is 1. The van der Waals surface area contributed by atoms with Crippen molar-refractivity contribution in [1.29, 1.82) is 0 Å². The molecule has 4 nitrogen and oxygen atoms in total. The molecule has 1 aliphatic rings. The number of halogens is 2. The molecule has 0 spiro atoms. The Morgan fingerprint density at radius 2 is 2.28 bits per heavy atom. The largest absolute Gasteiger partial charge is 0.481 e. The third-order valence-corrected chi connectivity index (χ3v) is 2.76. The summed E-state index contributed by atoms with van der Waals surface area (Å²) in [6.45, 7) is 0.415. The van der Waals surface area contributed by atoms with Crippen LogP contribution in [-0.2, 0) is 4.79 Å². The standard InChI is InChI=1S/C12H13F2NO3/c13-8-1-2-11(10(14)5-8)18-7-12(17)15-4-3-9(16)6-15/h1-2,5,9,16H,3-4,6-7H2/t9-/m0/s1. The van der Waals surface area contributed by atoms with Gasteiger partial charge in [0.2, 0.25) is 0 Å². The first kappa shape index (κ1) is 12.8. The van der Waals surface area contributed by atoms with Gasteiger partial charge in [0.25, 0.3) is 5.91 Å². The zero-order valence-electron chi connectivity index (χ0n) is 9.60. The van der Waals surface area contributed by atoms with Crippen LogP contribution in [0.15, 0.2) is 18.2 Å². The molecule has 1 aromatic carbocycles. The zero-order chi connectivity index (χ0) is 13.1. The molecule has 0 aliphatic carbocycles. The molecular formula is C12H13F2NO3. The van der Waals surface area contributed by atoms with E-state index in [1.54, 1.807) is 0 Å². The molecule has 1 N–H and O–H groups in total. The van der Waals surface area contributed by atoms with Gasteiger partial charge in [0.1, 0.15) is 5.82 Å². The van der Waals surface area contributed by atoms with Crippen molar-refractivity contribution < 1.29 is 23.4 Å². The average Bonchev–Trinajstić information content (AvgIpc) is 2.74. The van der Waals surface area contributed by atoms with Crippen LogP contribution < -0.4 is 4.74 Å². The third kappa shape index (κ3) is 2.95. The summed E-state index contributed by atoms with van der Waals surface area (Å²) in [7, 11) is 0. The predicted octanol–water partition coefficient (Wildman–Crippen LogP) is 0.937. The minimum atomic E-state index is -0.843. The van der Waals surface area contributed by atoms with Gasteiger partial charge in [-0.15, -0.1) is 0 Å². The Kier molecular flexibility index (Phi) is 3.76. The summed E-state index contributed by atoms with van der Waals surface area (Å²) in [6, 6.07) is 2.89. The van der Waals surface area contributed by atoms with Crippen molar-refractivity contribution in [1.82, 2.24) is 4.90 Å². The number of aliphatic hydroxyl groups excluding tert-OH is 1. The molecule has 0 saturated carbocycles. The fourth-order valence-corrected chi connectivity index (χ4v) is 1.79. The van der Waals surface area contributed by atoms with Crippen molar-refractivity contribution in [3.63, 3.8) is 0 Å². The second-order valence-corrected chi connectivity index (χ2v) is 4.15. The van der Waals surface area contributed by atoms with Crippen LogP contribution in [0.3, 0.4) is 0 Å². The van der Waals surface area contributed by atoms with Crippen LogP contribution in [0, 0.1) is 11.6 Å². The van der Waals surface area contributed by atoms with Gasteiger partial charge in [0, 0.05) is 19.2 Å². The molecule has 1 saturated heterocycles. The first-order chi connectivity index (χ1) is 8.56. The maximum absolute atomic E-state index is 13.2. The summed E-state index contributed by atoms with van der Waals surface area (Å²) in [6.07, 6.45) is 0.0351. The van der Waals surface area contributed by atoms with E-state index in [-0.39, 0.29) is 24.8 Å². The van der Waals surface area contributed by atoms with Gasteiger partial charge >= 0.3 is 0 Å². The summed E-state index contributed by atoms with van der Waals surface area (Å²) in [4.78, 5) is 13.1. The first-order valence-corrected chi connectivity index (χ1v) is 5.60. The normalized spacial score (nSPS) is 19.1. The fourth-order valence-electron chi connectivity index (χ4n) is 1.79. The van der Waals surface area contributed by atoms with E-state index in [1.165, 1.54) is 4.90 Å². The molecule has 2 rings (SSSR count). The molecule has 0 radical (unpaired) electrons. The highest BCUT2D eigenvalue weighted by Gasteiger charge is 2.24. The Hall–Kier alpha value is -1.69. The Labute approximate surface area is 103 Å². The van der Waals surface area contributed by atoms with E-state index < -0.39 is 17.7 Å². The Balaban J connectivity index is 1.89. The second kappa shape index (κ2) is 5.30. The van der Waals surface area contributed by atoms with E-state index >= 15 is 0 Å². The lowest BCUT2D eigenvalue weighted by molar-refractivity contribution is -0.132. The van der Waals surface area contributed by atoms with Crippen LogP contribution in [0.2, 0.25) is 0 Å². The molecular weight excluding hydrogens is 244 g/mol. The van der Waals surface area contributed by atoms with E-state index in [1.807, 2.05) is 0 Å². The van der Waals surface area contributed by atoms with Gasteiger partial charge in [-0.3, -0.25) is 4.79 Å². The van der Waals surface area contributed by atoms with Crippen molar-refractivity contribution in [2.45, 2.75) is 12.5 Å². The van der Waals surface area contributed by atoms with Crippen LogP contribution in [0.1, 0.15) is 6.42 Å². The van der Waals surface area contributed by atoms with E-state index in [0.29, 0.717) is 19.0 Å². The highest BCUT2D eigenvalue weighted by molar-refractivity contribution is 5.78. The number of β-amino-alcohol motifs (C(OH)–C–C–N with tert-alkyl or cyclic N) is 1. The molecule has 1 aromatic rings. The van der Waals surface area contributed by atoms with Gasteiger partial charge in [0.05, 0.1) is 6.10 Å². The lowest BCUT2D eigenvalue weighted by Gasteiger charge is -2.15. The molecule has 1 heterocycles. The molecule has 0 aromatic heterocycles. The molecule has 98 valence electrons. The highest BCUT2D eigenvalue weighted by Crippen LogP contribution is 2.18. The predicted molar refractivity (Wildman–Crippen MR) is 59.1 cm³/mol. The zero-order valence-corrected chi connectivity index (χ0v) is 9.60. The van der Waals surface area contributed by atoms with Crippen LogP contribution in [0.4, 0.5) is 8.78 Å². The Bertz CT molecular complexity index is 453. The monoisotopic (exact) mass is 257 g/mol. The number of carbonyl (C=O) groups excluding carboxylic acids is 1. The number of carbonyl (C=O) groups is 1. The lowest BCUT2D eigenvalue weighted by Crippen LogP contribution is -2.33. The summed E-state index contributed by atoms with van der Waals surface area (Å²) < 4.78 is 30.8. The molecule has 18 heavy (non-hydrogen) atoms. The van der Waals surface area contributed by atoms with Crippen LogP contribution >= 0.6 is 0 Å². The number of benzene rings is 1. The number of hydrogen-bond acceptors (Lipinski definition) is 3. The van der Waals surface area contributed by atoms with Gasteiger partial charge in [-0.2, -0.15) is 0 Å². The average molecular weight is 257 g/mol. The van der Waals surface area contributed by atoms with E-state index in [9.17, 15) is 18.7 Å². The van der Waals surface area contributed by atoms with Crippen molar-refractivity contribution >= 4 is 5.91 Å². The summed E-state index contributed by atoms with van der Waals surface area (Å²) in [5, 5.41) is 9.27. The highest BCUT2D eigenvalue weighted by atomic mass is 19.1. The van der Waals surface area contributed by atoms with E-state index in [2.05, 4.69) is 0 Å². The minimum Gasteiger partial charge on any atom is -0.481 e. The number of amides is 1. The summed E-state index contributed by atoms with van der Waals surface area (Å²) in [5.74, 6) is -2.03. The number of ether oxygens (including phenoxy) is 1. The van der Waals surface area contributed by atoms with Crippen LogP contribution in [0.5, 0.6) is 5.75 Å². The molecule has 1 fully saturated rings. The van der Waals surface area contributed by atoms with Crippen LogP contribution in [-0.4, -0.2) is 41.7 Å². The molecule has 0 unspecified atom stereocenters. The number of rotatable bonds is 3. The maximum atomic E-state index is 13.2. The SMILES string of the molecule is O=C(COc1ccc(F)cc1F)N1CC[C@H](O)C1. The summed E-state index contributed by atoms with van der Waals surface area (Å²) >= 11 is 0. The number of nitrogens with zero attached hydrogens (tertiary/aromatic N) is 1. The number of likely N-dealkylation sites (tertiary alicyclic amines) is 1. The van der Waals surface area contributed by atoms with Crippen molar-refractivity contribution in [3.8, 4) is 5.75 Å². The van der Waals surface area contributed by atoms with Crippen LogP contribution in [0.25, 0.3) is 0 Å². The van der Waals surface area contributed by atoms with Gasteiger partial charge in [-0.25, -0.2) is 8.78 Å². The van der Waals surface area contributed by atoms with Crippen molar-refractivity contribution in [3.05, 3.63) is 29.8 Å².